The van der Waals surface area contributed by atoms with Gasteiger partial charge in [-0.15, -0.1) is 0 Å². The zero-order valence-corrected chi connectivity index (χ0v) is 10.1. The average Bonchev–Trinajstić information content (AvgIpc) is 2.60. The van der Waals surface area contributed by atoms with Crippen LogP contribution < -0.4 is 5.73 Å². The molecular formula is C11H24N2O2. The lowest BCUT2D eigenvalue weighted by molar-refractivity contribution is -0.00461. The first-order valence-corrected chi connectivity index (χ1v) is 5.69. The van der Waals surface area contributed by atoms with Crippen molar-refractivity contribution >= 4 is 0 Å². The largest absolute Gasteiger partial charge is 0.377 e. The Kier molecular flexibility index (Phi) is 5.53. The minimum Gasteiger partial charge on any atom is -0.377 e. The van der Waals surface area contributed by atoms with Gasteiger partial charge < -0.3 is 15.2 Å². The number of nitrogens with zero attached hydrogens (tertiary/aromatic N) is 1. The lowest BCUT2D eigenvalue weighted by Gasteiger charge is -2.19. The Morgan fingerprint density at radius 3 is 2.20 bits per heavy atom. The van der Waals surface area contributed by atoms with E-state index in [4.69, 9.17) is 15.2 Å². The standard InChI is InChI=1S/C11H24N2O2/c1-9(4-5-12)6-13-7-10(14-2)11(8-13)15-3/h9-11H,4-8,12H2,1-3H3. The van der Waals surface area contributed by atoms with Crippen molar-refractivity contribution in [3.05, 3.63) is 0 Å². The molecule has 1 heterocycles. The quantitative estimate of drug-likeness (QED) is 0.694. The van der Waals surface area contributed by atoms with Gasteiger partial charge in [0.25, 0.3) is 0 Å². The molecular weight excluding hydrogens is 192 g/mol. The molecule has 1 saturated heterocycles. The molecule has 0 aromatic rings. The normalized spacial score (nSPS) is 29.6. The molecule has 4 nitrogen and oxygen atoms in total. The molecule has 3 atom stereocenters. The third kappa shape index (κ3) is 3.72. The van der Waals surface area contributed by atoms with E-state index in [2.05, 4.69) is 11.8 Å². The van der Waals surface area contributed by atoms with E-state index in [-0.39, 0.29) is 12.2 Å². The van der Waals surface area contributed by atoms with Gasteiger partial charge in [-0.3, -0.25) is 4.90 Å². The minimum absolute atomic E-state index is 0.222. The minimum atomic E-state index is 0.222. The summed E-state index contributed by atoms with van der Waals surface area (Å²) in [5.41, 5.74) is 5.54. The number of ether oxygens (including phenoxy) is 2. The SMILES string of the molecule is COC1CN(CC(C)CCN)CC1OC. The summed E-state index contributed by atoms with van der Waals surface area (Å²) in [5, 5.41) is 0. The number of hydrogen-bond donors (Lipinski definition) is 1. The Balaban J connectivity index is 2.33. The molecule has 0 spiro atoms. The van der Waals surface area contributed by atoms with E-state index in [9.17, 15) is 0 Å². The lowest BCUT2D eigenvalue weighted by Crippen LogP contribution is -2.28. The zero-order valence-electron chi connectivity index (χ0n) is 10.1. The fraction of sp³-hybridized carbons (Fsp3) is 1.00. The summed E-state index contributed by atoms with van der Waals surface area (Å²) in [6.45, 7) is 6.07. The Morgan fingerprint density at radius 2 is 1.80 bits per heavy atom. The molecule has 3 unspecified atom stereocenters. The maximum absolute atomic E-state index is 5.54. The molecule has 0 bridgehead atoms. The van der Waals surface area contributed by atoms with E-state index in [1.54, 1.807) is 14.2 Å². The summed E-state index contributed by atoms with van der Waals surface area (Å²) in [6, 6.07) is 0. The highest BCUT2D eigenvalue weighted by atomic mass is 16.5. The fourth-order valence-corrected chi connectivity index (χ4v) is 2.24. The third-order valence-electron chi connectivity index (χ3n) is 3.13. The Morgan fingerprint density at radius 1 is 1.27 bits per heavy atom. The van der Waals surface area contributed by atoms with Crippen LogP contribution in [-0.4, -0.2) is 57.5 Å². The van der Waals surface area contributed by atoms with E-state index in [0.717, 1.165) is 32.6 Å². The summed E-state index contributed by atoms with van der Waals surface area (Å²) in [6.07, 6.45) is 1.53. The van der Waals surface area contributed by atoms with Gasteiger partial charge in [0.1, 0.15) is 0 Å². The summed E-state index contributed by atoms with van der Waals surface area (Å²) in [5.74, 6) is 0.656. The van der Waals surface area contributed by atoms with Crippen LogP contribution in [0.4, 0.5) is 0 Å². The average molecular weight is 216 g/mol. The molecule has 4 heteroatoms. The lowest BCUT2D eigenvalue weighted by atomic mass is 10.1. The Bertz CT molecular complexity index is 166. The molecule has 90 valence electrons. The van der Waals surface area contributed by atoms with Crippen molar-refractivity contribution in [1.29, 1.82) is 0 Å². The third-order valence-corrected chi connectivity index (χ3v) is 3.13. The molecule has 1 fully saturated rings. The van der Waals surface area contributed by atoms with Crippen LogP contribution in [0.15, 0.2) is 0 Å². The number of methoxy groups -OCH3 is 2. The smallest absolute Gasteiger partial charge is 0.0971 e. The van der Waals surface area contributed by atoms with Crippen LogP contribution >= 0.6 is 0 Å². The first-order chi connectivity index (χ1) is 7.21. The van der Waals surface area contributed by atoms with Gasteiger partial charge in [0.15, 0.2) is 0 Å². The van der Waals surface area contributed by atoms with Gasteiger partial charge >= 0.3 is 0 Å². The second-order valence-corrected chi connectivity index (χ2v) is 4.45. The second kappa shape index (κ2) is 6.43. The van der Waals surface area contributed by atoms with Crippen LogP contribution in [0.1, 0.15) is 13.3 Å². The van der Waals surface area contributed by atoms with Crippen molar-refractivity contribution in [2.75, 3.05) is 40.4 Å². The maximum atomic E-state index is 5.54. The molecule has 0 amide bonds. The molecule has 1 aliphatic rings. The van der Waals surface area contributed by atoms with Gasteiger partial charge in [-0.05, 0) is 18.9 Å². The number of likely N-dealkylation sites (tertiary alicyclic amines) is 1. The Labute approximate surface area is 92.7 Å². The topological polar surface area (TPSA) is 47.7 Å². The molecule has 1 rings (SSSR count). The highest BCUT2D eigenvalue weighted by molar-refractivity contribution is 4.86. The molecule has 0 saturated carbocycles. The van der Waals surface area contributed by atoms with Gasteiger partial charge in [-0.1, -0.05) is 6.92 Å². The van der Waals surface area contributed by atoms with Crippen molar-refractivity contribution in [3.8, 4) is 0 Å². The molecule has 0 radical (unpaired) electrons. The molecule has 0 aromatic heterocycles. The maximum Gasteiger partial charge on any atom is 0.0971 e. The van der Waals surface area contributed by atoms with Crippen LogP contribution in [-0.2, 0) is 9.47 Å². The molecule has 15 heavy (non-hydrogen) atoms. The summed E-state index contributed by atoms with van der Waals surface area (Å²) in [7, 11) is 3.51. The molecule has 0 aliphatic carbocycles. The zero-order chi connectivity index (χ0) is 11.3. The van der Waals surface area contributed by atoms with Crippen molar-refractivity contribution < 1.29 is 9.47 Å². The first kappa shape index (κ1) is 12.9. The number of nitrogens with two attached hydrogens (primary N) is 1. The number of rotatable bonds is 6. The first-order valence-electron chi connectivity index (χ1n) is 5.69. The van der Waals surface area contributed by atoms with E-state index in [1.165, 1.54) is 0 Å². The summed E-state index contributed by atoms with van der Waals surface area (Å²) < 4.78 is 10.8. The van der Waals surface area contributed by atoms with Gasteiger partial charge in [-0.25, -0.2) is 0 Å². The highest BCUT2D eigenvalue weighted by Gasteiger charge is 2.33. The van der Waals surface area contributed by atoms with Gasteiger partial charge in [0.2, 0.25) is 0 Å². The van der Waals surface area contributed by atoms with Crippen molar-refractivity contribution in [1.82, 2.24) is 4.90 Å². The van der Waals surface area contributed by atoms with Crippen molar-refractivity contribution in [3.63, 3.8) is 0 Å². The summed E-state index contributed by atoms with van der Waals surface area (Å²) >= 11 is 0. The second-order valence-electron chi connectivity index (χ2n) is 4.45. The molecule has 0 aromatic carbocycles. The van der Waals surface area contributed by atoms with Gasteiger partial charge in [0.05, 0.1) is 12.2 Å². The monoisotopic (exact) mass is 216 g/mol. The summed E-state index contributed by atoms with van der Waals surface area (Å²) in [4.78, 5) is 2.41. The predicted molar refractivity (Wildman–Crippen MR) is 60.9 cm³/mol. The van der Waals surface area contributed by atoms with E-state index in [1.807, 2.05) is 0 Å². The van der Waals surface area contributed by atoms with Crippen LogP contribution in [0.3, 0.4) is 0 Å². The number of hydrogen-bond acceptors (Lipinski definition) is 4. The highest BCUT2D eigenvalue weighted by Crippen LogP contribution is 2.17. The van der Waals surface area contributed by atoms with Crippen molar-refractivity contribution in [2.45, 2.75) is 25.6 Å². The van der Waals surface area contributed by atoms with Crippen LogP contribution in [0, 0.1) is 5.92 Å². The van der Waals surface area contributed by atoms with E-state index < -0.39 is 0 Å². The van der Waals surface area contributed by atoms with Crippen LogP contribution in [0.2, 0.25) is 0 Å². The van der Waals surface area contributed by atoms with E-state index >= 15 is 0 Å². The predicted octanol–water partition coefficient (Wildman–Crippen LogP) is 0.317. The fourth-order valence-electron chi connectivity index (χ4n) is 2.24. The molecule has 2 N–H and O–H groups in total. The van der Waals surface area contributed by atoms with E-state index in [0.29, 0.717) is 5.92 Å². The Hall–Kier alpha value is -0.160. The van der Waals surface area contributed by atoms with Gasteiger partial charge in [0, 0.05) is 33.9 Å². The van der Waals surface area contributed by atoms with Crippen LogP contribution in [0.25, 0.3) is 0 Å². The molecule has 1 aliphatic heterocycles. The van der Waals surface area contributed by atoms with Crippen molar-refractivity contribution in [2.24, 2.45) is 11.7 Å². The van der Waals surface area contributed by atoms with Gasteiger partial charge in [-0.2, -0.15) is 0 Å². The van der Waals surface area contributed by atoms with Crippen LogP contribution in [0.5, 0.6) is 0 Å².